The number of nitrogens with zero attached hydrogens (tertiary/aromatic N) is 1. The number of likely N-dealkylation sites (N-methyl/N-ethyl adjacent to an activating group) is 2. The van der Waals surface area contributed by atoms with Gasteiger partial charge in [-0.1, -0.05) is 19.1 Å². The van der Waals surface area contributed by atoms with E-state index in [1.165, 1.54) is 12.1 Å². The number of halogens is 1. The molecule has 0 aliphatic carbocycles. The van der Waals surface area contributed by atoms with E-state index in [4.69, 9.17) is 4.74 Å². The van der Waals surface area contributed by atoms with Crippen molar-refractivity contribution in [2.75, 3.05) is 33.3 Å². The monoisotopic (exact) mass is 252 g/mol. The lowest BCUT2D eigenvalue weighted by molar-refractivity contribution is -0.0611. The minimum atomic E-state index is -0.193. The molecule has 2 atom stereocenters. The average molecular weight is 252 g/mol. The molecular formula is C14H21FN2O. The molecule has 0 amide bonds. The molecule has 1 saturated heterocycles. The summed E-state index contributed by atoms with van der Waals surface area (Å²) >= 11 is 0. The van der Waals surface area contributed by atoms with Crippen molar-refractivity contribution in [3.63, 3.8) is 0 Å². The normalized spacial score (nSPS) is 25.3. The van der Waals surface area contributed by atoms with Gasteiger partial charge in [0.15, 0.2) is 0 Å². The standard InChI is InChI=1S/C14H21FN2O/c1-3-16-10-13-14(17(2)8-9-18-13)11-4-6-12(15)7-5-11/h4-7,13-14,16H,3,8-10H2,1-2H3. The fourth-order valence-electron chi connectivity index (χ4n) is 2.45. The highest BCUT2D eigenvalue weighted by Gasteiger charge is 2.30. The summed E-state index contributed by atoms with van der Waals surface area (Å²) in [6, 6.07) is 6.93. The van der Waals surface area contributed by atoms with Crippen LogP contribution in [0, 0.1) is 5.82 Å². The second-order valence-electron chi connectivity index (χ2n) is 4.69. The number of rotatable bonds is 4. The van der Waals surface area contributed by atoms with Crippen LogP contribution in [0.2, 0.25) is 0 Å². The fourth-order valence-corrected chi connectivity index (χ4v) is 2.45. The Labute approximate surface area is 108 Å². The van der Waals surface area contributed by atoms with E-state index >= 15 is 0 Å². The molecule has 0 saturated carbocycles. The molecule has 100 valence electrons. The summed E-state index contributed by atoms with van der Waals surface area (Å²) in [5, 5.41) is 3.32. The maximum Gasteiger partial charge on any atom is 0.123 e. The minimum absolute atomic E-state index is 0.120. The van der Waals surface area contributed by atoms with Gasteiger partial charge in [-0.2, -0.15) is 0 Å². The van der Waals surface area contributed by atoms with E-state index in [2.05, 4.69) is 24.2 Å². The maximum atomic E-state index is 13.0. The summed E-state index contributed by atoms with van der Waals surface area (Å²) in [6.07, 6.45) is 0.120. The number of morpholine rings is 1. The van der Waals surface area contributed by atoms with Crippen LogP contribution in [0.4, 0.5) is 4.39 Å². The van der Waals surface area contributed by atoms with Crippen molar-refractivity contribution in [3.8, 4) is 0 Å². The Balaban J connectivity index is 2.15. The topological polar surface area (TPSA) is 24.5 Å². The third kappa shape index (κ3) is 3.07. The Hall–Kier alpha value is -0.970. The van der Waals surface area contributed by atoms with E-state index in [0.717, 1.165) is 31.8 Å². The van der Waals surface area contributed by atoms with Crippen molar-refractivity contribution < 1.29 is 9.13 Å². The number of benzene rings is 1. The number of hydrogen-bond donors (Lipinski definition) is 1. The van der Waals surface area contributed by atoms with E-state index in [0.29, 0.717) is 0 Å². The SMILES string of the molecule is CCNCC1OCCN(C)C1c1ccc(F)cc1. The third-order valence-electron chi connectivity index (χ3n) is 3.41. The molecule has 1 heterocycles. The summed E-state index contributed by atoms with van der Waals surface area (Å²) in [6.45, 7) is 5.50. The van der Waals surface area contributed by atoms with Gasteiger partial charge in [0.2, 0.25) is 0 Å². The van der Waals surface area contributed by atoms with Crippen LogP contribution in [-0.2, 0) is 4.74 Å². The molecule has 0 bridgehead atoms. The molecule has 2 rings (SSSR count). The largest absolute Gasteiger partial charge is 0.374 e. The van der Waals surface area contributed by atoms with Gasteiger partial charge >= 0.3 is 0 Å². The van der Waals surface area contributed by atoms with Crippen LogP contribution in [0.5, 0.6) is 0 Å². The highest BCUT2D eigenvalue weighted by molar-refractivity contribution is 5.21. The lowest BCUT2D eigenvalue weighted by Gasteiger charge is -2.39. The quantitative estimate of drug-likeness (QED) is 0.884. The highest BCUT2D eigenvalue weighted by atomic mass is 19.1. The molecule has 1 N–H and O–H groups in total. The molecule has 0 radical (unpaired) electrons. The number of ether oxygens (including phenoxy) is 1. The van der Waals surface area contributed by atoms with Crippen molar-refractivity contribution in [2.24, 2.45) is 0 Å². The maximum absolute atomic E-state index is 13.0. The van der Waals surface area contributed by atoms with E-state index in [1.807, 2.05) is 12.1 Å². The molecule has 1 aliphatic heterocycles. The van der Waals surface area contributed by atoms with Gasteiger partial charge in [0.05, 0.1) is 18.8 Å². The average Bonchev–Trinajstić information content (AvgIpc) is 2.38. The first-order valence-electron chi connectivity index (χ1n) is 6.50. The van der Waals surface area contributed by atoms with Gasteiger partial charge in [-0.25, -0.2) is 4.39 Å². The molecule has 18 heavy (non-hydrogen) atoms. The van der Waals surface area contributed by atoms with Crippen molar-refractivity contribution >= 4 is 0 Å². The molecule has 0 aromatic heterocycles. The summed E-state index contributed by atoms with van der Waals surface area (Å²) in [7, 11) is 2.09. The lowest BCUT2D eigenvalue weighted by Crippen LogP contribution is -2.47. The van der Waals surface area contributed by atoms with Gasteiger partial charge in [-0.05, 0) is 31.3 Å². The van der Waals surface area contributed by atoms with E-state index in [-0.39, 0.29) is 18.0 Å². The number of nitrogens with one attached hydrogen (secondary N) is 1. The van der Waals surface area contributed by atoms with E-state index in [9.17, 15) is 4.39 Å². The minimum Gasteiger partial charge on any atom is -0.374 e. The van der Waals surface area contributed by atoms with E-state index in [1.54, 1.807) is 0 Å². The summed E-state index contributed by atoms with van der Waals surface area (Å²) < 4.78 is 18.8. The van der Waals surface area contributed by atoms with Crippen LogP contribution in [-0.4, -0.2) is 44.3 Å². The Bertz CT molecular complexity index is 369. The molecule has 3 nitrogen and oxygen atoms in total. The first-order chi connectivity index (χ1) is 8.72. The van der Waals surface area contributed by atoms with Gasteiger partial charge in [-0.3, -0.25) is 4.90 Å². The van der Waals surface area contributed by atoms with Crippen LogP contribution in [0.15, 0.2) is 24.3 Å². The zero-order valence-electron chi connectivity index (χ0n) is 11.0. The van der Waals surface area contributed by atoms with Crippen LogP contribution < -0.4 is 5.32 Å². The predicted octanol–water partition coefficient (Wildman–Crippen LogP) is 1.81. The molecule has 1 fully saturated rings. The summed E-state index contributed by atoms with van der Waals surface area (Å²) in [5.74, 6) is -0.193. The Morgan fingerprint density at radius 2 is 2.11 bits per heavy atom. The highest BCUT2D eigenvalue weighted by Crippen LogP contribution is 2.28. The van der Waals surface area contributed by atoms with Gasteiger partial charge in [0.1, 0.15) is 5.82 Å². The zero-order chi connectivity index (χ0) is 13.0. The second-order valence-corrected chi connectivity index (χ2v) is 4.69. The van der Waals surface area contributed by atoms with Crippen molar-refractivity contribution in [1.29, 1.82) is 0 Å². The Morgan fingerprint density at radius 3 is 2.78 bits per heavy atom. The lowest BCUT2D eigenvalue weighted by atomic mass is 9.98. The molecule has 1 aromatic carbocycles. The van der Waals surface area contributed by atoms with Crippen LogP contribution in [0.25, 0.3) is 0 Å². The molecule has 1 aromatic rings. The summed E-state index contributed by atoms with van der Waals surface area (Å²) in [4.78, 5) is 2.28. The third-order valence-corrected chi connectivity index (χ3v) is 3.41. The van der Waals surface area contributed by atoms with Crippen LogP contribution in [0.3, 0.4) is 0 Å². The molecule has 2 unspecified atom stereocenters. The molecule has 4 heteroatoms. The molecular weight excluding hydrogens is 231 g/mol. The zero-order valence-corrected chi connectivity index (χ0v) is 11.0. The Kier molecular flexibility index (Phi) is 4.69. The van der Waals surface area contributed by atoms with Gasteiger partial charge < -0.3 is 10.1 Å². The van der Waals surface area contributed by atoms with Gasteiger partial charge in [0, 0.05) is 13.1 Å². The first-order valence-corrected chi connectivity index (χ1v) is 6.50. The van der Waals surface area contributed by atoms with Crippen molar-refractivity contribution in [2.45, 2.75) is 19.1 Å². The summed E-state index contributed by atoms with van der Waals surface area (Å²) in [5.41, 5.74) is 1.11. The Morgan fingerprint density at radius 1 is 1.39 bits per heavy atom. The van der Waals surface area contributed by atoms with Gasteiger partial charge in [0.25, 0.3) is 0 Å². The smallest absolute Gasteiger partial charge is 0.123 e. The second kappa shape index (κ2) is 6.27. The molecule has 1 aliphatic rings. The number of hydrogen-bond acceptors (Lipinski definition) is 3. The fraction of sp³-hybridized carbons (Fsp3) is 0.571. The predicted molar refractivity (Wildman–Crippen MR) is 70.1 cm³/mol. The van der Waals surface area contributed by atoms with Crippen molar-refractivity contribution in [1.82, 2.24) is 10.2 Å². The first kappa shape index (κ1) is 13.5. The van der Waals surface area contributed by atoms with Gasteiger partial charge in [-0.15, -0.1) is 0 Å². The van der Waals surface area contributed by atoms with Crippen LogP contribution in [0.1, 0.15) is 18.5 Å². The van der Waals surface area contributed by atoms with Crippen LogP contribution >= 0.6 is 0 Å². The molecule has 0 spiro atoms. The van der Waals surface area contributed by atoms with Crippen molar-refractivity contribution in [3.05, 3.63) is 35.6 Å². The van der Waals surface area contributed by atoms with E-state index < -0.39 is 0 Å².